The van der Waals surface area contributed by atoms with Gasteiger partial charge in [-0.15, -0.1) is 11.3 Å². The molecule has 0 spiro atoms. The number of carbonyl (C=O) groups excluding carboxylic acids is 1. The number of fused-ring (bicyclic) bond motifs is 2. The average molecular weight is 354 g/mol. The Balaban J connectivity index is 1.60. The predicted octanol–water partition coefficient (Wildman–Crippen LogP) is 3.88. The van der Waals surface area contributed by atoms with E-state index < -0.39 is 0 Å². The predicted molar refractivity (Wildman–Crippen MR) is 100 cm³/mol. The largest absolute Gasteiger partial charge is 0.342 e. The van der Waals surface area contributed by atoms with Crippen molar-refractivity contribution < 1.29 is 4.79 Å². The number of carbonyl (C=O) groups is 1. The van der Waals surface area contributed by atoms with E-state index in [1.165, 1.54) is 0 Å². The maximum Gasteiger partial charge on any atom is 0.270 e. The van der Waals surface area contributed by atoms with Crippen LogP contribution in [0.1, 0.15) is 59.5 Å². The second-order valence-corrected chi connectivity index (χ2v) is 7.57. The summed E-state index contributed by atoms with van der Waals surface area (Å²) < 4.78 is 3.01. The molecule has 130 valence electrons. The fourth-order valence-corrected chi connectivity index (χ4v) is 4.46. The first-order chi connectivity index (χ1) is 12.2. The van der Waals surface area contributed by atoms with Crippen LogP contribution in [0.2, 0.25) is 0 Å². The Kier molecular flexibility index (Phi) is 4.29. The number of thiazole rings is 1. The van der Waals surface area contributed by atoms with Crippen molar-refractivity contribution in [3.05, 3.63) is 46.2 Å². The number of benzene rings is 1. The number of aromatic nitrogens is 3. The van der Waals surface area contributed by atoms with Crippen LogP contribution in [0.4, 0.5) is 0 Å². The summed E-state index contributed by atoms with van der Waals surface area (Å²) in [5.41, 5.74) is 3.97. The average Bonchev–Trinajstić information content (AvgIpc) is 3.22. The van der Waals surface area contributed by atoms with Gasteiger partial charge in [0.2, 0.25) is 0 Å². The molecule has 4 rings (SSSR count). The van der Waals surface area contributed by atoms with Gasteiger partial charge in [0.05, 0.1) is 22.0 Å². The van der Waals surface area contributed by atoms with Crippen molar-refractivity contribution >= 4 is 27.5 Å². The van der Waals surface area contributed by atoms with Crippen LogP contribution in [-0.4, -0.2) is 20.7 Å². The van der Waals surface area contributed by atoms with E-state index in [1.54, 1.807) is 11.3 Å². The van der Waals surface area contributed by atoms with Crippen molar-refractivity contribution in [2.24, 2.45) is 0 Å². The van der Waals surface area contributed by atoms with Gasteiger partial charge in [-0.2, -0.15) is 5.10 Å². The number of hydrogen-bond donors (Lipinski definition) is 1. The Morgan fingerprint density at radius 2 is 2.12 bits per heavy atom. The summed E-state index contributed by atoms with van der Waals surface area (Å²) in [6, 6.07) is 7.95. The first kappa shape index (κ1) is 16.3. The molecule has 0 saturated heterocycles. The summed E-state index contributed by atoms with van der Waals surface area (Å²) in [4.78, 5) is 17.6. The Labute approximate surface area is 151 Å². The van der Waals surface area contributed by atoms with Gasteiger partial charge < -0.3 is 5.32 Å². The molecule has 0 unspecified atom stereocenters. The molecule has 0 radical (unpaired) electrons. The lowest BCUT2D eigenvalue weighted by Gasteiger charge is -2.14. The van der Waals surface area contributed by atoms with E-state index in [9.17, 15) is 4.79 Å². The summed E-state index contributed by atoms with van der Waals surface area (Å²) in [5.74, 6) is -0.0377. The molecule has 5 nitrogen and oxygen atoms in total. The van der Waals surface area contributed by atoms with Crippen LogP contribution in [0.3, 0.4) is 0 Å². The lowest BCUT2D eigenvalue weighted by Crippen LogP contribution is -2.29. The highest BCUT2D eigenvalue weighted by molar-refractivity contribution is 7.18. The van der Waals surface area contributed by atoms with Crippen LogP contribution in [-0.2, 0) is 19.4 Å². The Morgan fingerprint density at radius 3 is 2.92 bits per heavy atom. The number of aryl methyl sites for hydroxylation is 2. The minimum atomic E-state index is -0.121. The van der Waals surface area contributed by atoms with Gasteiger partial charge in [-0.3, -0.25) is 9.48 Å². The van der Waals surface area contributed by atoms with Gasteiger partial charge in [-0.1, -0.05) is 12.1 Å². The highest BCUT2D eigenvalue weighted by atomic mass is 32.1. The molecule has 0 bridgehead atoms. The second kappa shape index (κ2) is 6.59. The molecule has 0 saturated carbocycles. The van der Waals surface area contributed by atoms with Crippen molar-refractivity contribution in [3.8, 4) is 0 Å². The quantitative estimate of drug-likeness (QED) is 0.773. The molecule has 6 heteroatoms. The lowest BCUT2D eigenvalue weighted by atomic mass is 9.95. The monoisotopic (exact) mass is 354 g/mol. The molecule has 0 aliphatic heterocycles. The molecule has 1 aromatic carbocycles. The number of rotatable bonds is 4. The van der Waals surface area contributed by atoms with Gasteiger partial charge in [0.15, 0.2) is 0 Å². The third kappa shape index (κ3) is 2.95. The highest BCUT2D eigenvalue weighted by Gasteiger charge is 2.26. The first-order valence-electron chi connectivity index (χ1n) is 8.92. The van der Waals surface area contributed by atoms with Crippen molar-refractivity contribution in [3.63, 3.8) is 0 Å². The smallest absolute Gasteiger partial charge is 0.270 e. The zero-order valence-corrected chi connectivity index (χ0v) is 15.4. The molecule has 0 fully saturated rings. The Bertz CT molecular complexity index is 894. The zero-order chi connectivity index (χ0) is 17.4. The van der Waals surface area contributed by atoms with E-state index in [0.717, 1.165) is 57.9 Å². The molecule has 1 aliphatic carbocycles. The van der Waals surface area contributed by atoms with Gasteiger partial charge in [-0.25, -0.2) is 4.98 Å². The Hall–Kier alpha value is -2.21. The molecule has 2 heterocycles. The molecule has 3 aromatic rings. The van der Waals surface area contributed by atoms with Crippen molar-refractivity contribution in [1.29, 1.82) is 0 Å². The van der Waals surface area contributed by atoms with Gasteiger partial charge >= 0.3 is 0 Å². The number of amides is 1. The van der Waals surface area contributed by atoms with Crippen LogP contribution >= 0.6 is 11.3 Å². The van der Waals surface area contributed by atoms with Crippen LogP contribution in [0, 0.1) is 0 Å². The van der Waals surface area contributed by atoms with Gasteiger partial charge in [0.1, 0.15) is 10.7 Å². The topological polar surface area (TPSA) is 59.8 Å². The molecular formula is C19H22N4OS. The third-order valence-electron chi connectivity index (χ3n) is 4.77. The molecule has 2 aromatic heterocycles. The second-order valence-electron chi connectivity index (χ2n) is 6.51. The van der Waals surface area contributed by atoms with Gasteiger partial charge in [0, 0.05) is 12.1 Å². The van der Waals surface area contributed by atoms with Gasteiger partial charge in [0.25, 0.3) is 5.91 Å². The van der Waals surface area contributed by atoms with Crippen LogP contribution in [0.5, 0.6) is 0 Å². The summed E-state index contributed by atoms with van der Waals surface area (Å²) in [6.45, 7) is 4.74. The minimum absolute atomic E-state index is 0.0377. The number of nitrogens with one attached hydrogen (secondary N) is 1. The molecule has 1 aliphatic rings. The summed E-state index contributed by atoms with van der Waals surface area (Å²) in [5, 5.41) is 8.72. The highest BCUT2D eigenvalue weighted by Crippen LogP contribution is 2.28. The fourth-order valence-electron chi connectivity index (χ4n) is 3.49. The minimum Gasteiger partial charge on any atom is -0.342 e. The Morgan fingerprint density at radius 1 is 1.32 bits per heavy atom. The number of hydrogen-bond acceptors (Lipinski definition) is 4. The normalized spacial score (nSPS) is 15.1. The van der Waals surface area contributed by atoms with Crippen molar-refractivity contribution in [2.45, 2.75) is 52.1 Å². The molecule has 25 heavy (non-hydrogen) atoms. The SMILES string of the molecule is CCn1nc2c(c1C(=O)N[C@H](C)c1nc3ccccc3s1)CCCC2. The van der Waals surface area contributed by atoms with Crippen LogP contribution in [0.15, 0.2) is 24.3 Å². The standard InChI is InChI=1S/C19H22N4OS/c1-3-23-17(13-8-4-5-9-14(13)22-23)18(24)20-12(2)19-21-15-10-6-7-11-16(15)25-19/h6-7,10-12H,3-5,8-9H2,1-2H3,(H,20,24)/t12-/m1/s1. The van der Waals surface area contributed by atoms with E-state index in [1.807, 2.05) is 36.7 Å². The van der Waals surface area contributed by atoms with Gasteiger partial charge in [-0.05, 0) is 51.7 Å². The summed E-state index contributed by atoms with van der Waals surface area (Å²) >= 11 is 1.64. The van der Waals surface area contributed by atoms with E-state index in [4.69, 9.17) is 0 Å². The van der Waals surface area contributed by atoms with E-state index in [-0.39, 0.29) is 11.9 Å². The number of para-hydroxylation sites is 1. The maximum absolute atomic E-state index is 13.0. The van der Waals surface area contributed by atoms with E-state index in [0.29, 0.717) is 6.54 Å². The summed E-state index contributed by atoms with van der Waals surface area (Å²) in [7, 11) is 0. The first-order valence-corrected chi connectivity index (χ1v) is 9.74. The van der Waals surface area contributed by atoms with Crippen molar-refractivity contribution in [2.75, 3.05) is 0 Å². The molecule has 1 amide bonds. The zero-order valence-electron chi connectivity index (χ0n) is 14.6. The number of nitrogens with zero attached hydrogens (tertiary/aromatic N) is 3. The molecule has 1 N–H and O–H groups in total. The summed E-state index contributed by atoms with van der Waals surface area (Å²) in [6.07, 6.45) is 4.23. The van der Waals surface area contributed by atoms with E-state index in [2.05, 4.69) is 21.5 Å². The van der Waals surface area contributed by atoms with Crippen LogP contribution in [0.25, 0.3) is 10.2 Å². The maximum atomic E-state index is 13.0. The fraction of sp³-hybridized carbons (Fsp3) is 0.421. The van der Waals surface area contributed by atoms with E-state index >= 15 is 0 Å². The lowest BCUT2D eigenvalue weighted by molar-refractivity contribution is 0.0928. The van der Waals surface area contributed by atoms with Crippen molar-refractivity contribution in [1.82, 2.24) is 20.1 Å². The van der Waals surface area contributed by atoms with Crippen LogP contribution < -0.4 is 5.32 Å². The molecular weight excluding hydrogens is 332 g/mol. The third-order valence-corrected chi connectivity index (χ3v) is 5.99. The molecule has 1 atom stereocenters.